The average Bonchev–Trinajstić information content (AvgIpc) is 2.83. The summed E-state index contributed by atoms with van der Waals surface area (Å²) in [5.41, 5.74) is 2.54. The Hall–Kier alpha value is -0.0800. The van der Waals surface area contributed by atoms with E-state index in [4.69, 9.17) is 4.74 Å². The number of hydrogen-bond donors (Lipinski definition) is 0. The van der Waals surface area contributed by atoms with Crippen molar-refractivity contribution < 1.29 is 4.74 Å². The molecule has 0 fully saturated rings. The van der Waals surface area contributed by atoms with E-state index in [9.17, 15) is 0 Å². The first-order valence-corrected chi connectivity index (χ1v) is 7.54. The SMILES string of the molecule is Cn1cc(C2OCC(I)=C2I)c2ccccc21. The molecule has 0 amide bonds. The van der Waals surface area contributed by atoms with Crippen LogP contribution < -0.4 is 0 Å². The lowest BCUT2D eigenvalue weighted by Gasteiger charge is -2.09. The molecule has 2 aromatic rings. The number of rotatable bonds is 1. The number of fused-ring (bicyclic) bond motifs is 1. The molecule has 1 atom stereocenters. The van der Waals surface area contributed by atoms with E-state index < -0.39 is 0 Å². The summed E-state index contributed by atoms with van der Waals surface area (Å²) in [6.07, 6.45) is 2.30. The second kappa shape index (κ2) is 4.55. The maximum atomic E-state index is 5.88. The fraction of sp³-hybridized carbons (Fsp3) is 0.231. The van der Waals surface area contributed by atoms with Gasteiger partial charge in [-0.05, 0) is 51.2 Å². The van der Waals surface area contributed by atoms with Crippen molar-refractivity contribution in [3.05, 3.63) is 43.2 Å². The number of para-hydroxylation sites is 1. The summed E-state index contributed by atoms with van der Waals surface area (Å²) in [4.78, 5) is 0. The summed E-state index contributed by atoms with van der Waals surface area (Å²) in [7, 11) is 2.09. The summed E-state index contributed by atoms with van der Waals surface area (Å²) in [5.74, 6) is 0. The smallest absolute Gasteiger partial charge is 0.117 e. The normalized spacial score (nSPS) is 20.5. The zero-order valence-corrected chi connectivity index (χ0v) is 13.6. The van der Waals surface area contributed by atoms with Crippen LogP contribution in [-0.2, 0) is 11.8 Å². The summed E-state index contributed by atoms with van der Waals surface area (Å²) in [6.45, 7) is 0.743. The van der Waals surface area contributed by atoms with E-state index in [2.05, 4.69) is 87.3 Å². The van der Waals surface area contributed by atoms with Crippen molar-refractivity contribution in [1.82, 2.24) is 4.57 Å². The summed E-state index contributed by atoms with van der Waals surface area (Å²) in [5, 5.41) is 1.29. The standard InChI is InChI=1S/C13H11I2NO/c1-16-6-9(8-4-2-3-5-11(8)16)13-12(15)10(14)7-17-13/h2-6,13H,7H2,1H3. The lowest BCUT2D eigenvalue weighted by molar-refractivity contribution is 0.129. The topological polar surface area (TPSA) is 14.2 Å². The number of nitrogens with zero attached hydrogens (tertiary/aromatic N) is 1. The van der Waals surface area contributed by atoms with Crippen LogP contribution in [0.3, 0.4) is 0 Å². The van der Waals surface area contributed by atoms with Crippen LogP contribution in [0.4, 0.5) is 0 Å². The molecule has 2 heterocycles. The Morgan fingerprint density at radius 2 is 2.06 bits per heavy atom. The molecule has 3 rings (SSSR count). The van der Waals surface area contributed by atoms with E-state index in [-0.39, 0.29) is 6.10 Å². The highest BCUT2D eigenvalue weighted by atomic mass is 127. The van der Waals surface area contributed by atoms with Crippen molar-refractivity contribution in [2.45, 2.75) is 6.10 Å². The largest absolute Gasteiger partial charge is 0.363 e. The Morgan fingerprint density at radius 1 is 1.29 bits per heavy atom. The maximum Gasteiger partial charge on any atom is 0.117 e. The number of halogens is 2. The molecule has 1 aliphatic heterocycles. The molecule has 4 heteroatoms. The minimum Gasteiger partial charge on any atom is -0.363 e. The Kier molecular flexibility index (Phi) is 3.20. The molecular weight excluding hydrogens is 440 g/mol. The number of aryl methyl sites for hydroxylation is 1. The number of ether oxygens (including phenoxy) is 1. The predicted molar refractivity (Wildman–Crippen MR) is 86.7 cm³/mol. The third-order valence-electron chi connectivity index (χ3n) is 3.08. The first-order valence-electron chi connectivity index (χ1n) is 5.38. The lowest BCUT2D eigenvalue weighted by Crippen LogP contribution is -1.96. The van der Waals surface area contributed by atoms with Crippen molar-refractivity contribution in [2.24, 2.45) is 7.05 Å². The molecule has 0 saturated carbocycles. The first kappa shape index (κ1) is 12.0. The molecule has 0 spiro atoms. The van der Waals surface area contributed by atoms with E-state index >= 15 is 0 Å². The van der Waals surface area contributed by atoms with Crippen LogP contribution in [-0.4, -0.2) is 11.2 Å². The number of aromatic nitrogens is 1. The zero-order chi connectivity index (χ0) is 12.0. The van der Waals surface area contributed by atoms with Crippen molar-refractivity contribution in [3.63, 3.8) is 0 Å². The Labute approximate surface area is 127 Å². The van der Waals surface area contributed by atoms with E-state index in [0.717, 1.165) is 6.61 Å². The quantitative estimate of drug-likeness (QED) is 0.590. The van der Waals surface area contributed by atoms with Crippen LogP contribution in [0, 0.1) is 0 Å². The minimum absolute atomic E-state index is 0.119. The highest BCUT2D eigenvalue weighted by molar-refractivity contribution is 14.1. The van der Waals surface area contributed by atoms with E-state index in [1.54, 1.807) is 0 Å². The van der Waals surface area contributed by atoms with Gasteiger partial charge in [-0.25, -0.2) is 0 Å². The molecule has 1 aromatic heterocycles. The minimum atomic E-state index is 0.119. The fourth-order valence-electron chi connectivity index (χ4n) is 2.25. The van der Waals surface area contributed by atoms with Crippen LogP contribution >= 0.6 is 45.2 Å². The van der Waals surface area contributed by atoms with Crippen molar-refractivity contribution in [1.29, 1.82) is 0 Å². The van der Waals surface area contributed by atoms with Gasteiger partial charge in [-0.3, -0.25) is 0 Å². The monoisotopic (exact) mass is 451 g/mol. The second-order valence-corrected chi connectivity index (χ2v) is 6.62. The van der Waals surface area contributed by atoms with Crippen LogP contribution in [0.2, 0.25) is 0 Å². The third-order valence-corrected chi connectivity index (χ3v) is 6.22. The molecule has 0 saturated heterocycles. The first-order chi connectivity index (χ1) is 8.18. The van der Waals surface area contributed by atoms with Gasteiger partial charge in [-0.15, -0.1) is 0 Å². The zero-order valence-electron chi connectivity index (χ0n) is 9.28. The Bertz CT molecular complexity index is 615. The molecule has 0 bridgehead atoms. The number of benzene rings is 1. The van der Waals surface area contributed by atoms with Crippen LogP contribution in [0.15, 0.2) is 37.6 Å². The van der Waals surface area contributed by atoms with E-state index in [0.29, 0.717) is 0 Å². The molecule has 0 aliphatic carbocycles. The molecule has 88 valence electrons. The molecule has 2 nitrogen and oxygen atoms in total. The molecule has 0 N–H and O–H groups in total. The van der Waals surface area contributed by atoms with Gasteiger partial charge >= 0.3 is 0 Å². The fourth-order valence-corrected chi connectivity index (χ4v) is 3.38. The lowest BCUT2D eigenvalue weighted by atomic mass is 10.1. The highest BCUT2D eigenvalue weighted by Gasteiger charge is 2.27. The van der Waals surface area contributed by atoms with Gasteiger partial charge in [0.05, 0.1) is 6.61 Å². The third kappa shape index (κ3) is 1.94. The number of hydrogen-bond acceptors (Lipinski definition) is 1. The van der Waals surface area contributed by atoms with Gasteiger partial charge in [0.2, 0.25) is 0 Å². The predicted octanol–water partition coefficient (Wildman–Crippen LogP) is 4.33. The van der Waals surface area contributed by atoms with Gasteiger partial charge < -0.3 is 9.30 Å². The molecular formula is C13H11I2NO. The molecule has 1 aromatic carbocycles. The van der Waals surface area contributed by atoms with Gasteiger partial charge in [0.25, 0.3) is 0 Å². The molecule has 1 aliphatic rings. The molecule has 1 unspecified atom stereocenters. The molecule has 0 radical (unpaired) electrons. The summed E-state index contributed by atoms with van der Waals surface area (Å²) < 4.78 is 10.7. The van der Waals surface area contributed by atoms with Gasteiger partial charge in [0, 0.05) is 36.9 Å². The summed E-state index contributed by atoms with van der Waals surface area (Å²) in [6, 6.07) is 8.48. The van der Waals surface area contributed by atoms with Crippen LogP contribution in [0.1, 0.15) is 11.7 Å². The van der Waals surface area contributed by atoms with Gasteiger partial charge in [0.15, 0.2) is 0 Å². The van der Waals surface area contributed by atoms with Gasteiger partial charge in [0.1, 0.15) is 6.10 Å². The van der Waals surface area contributed by atoms with Gasteiger partial charge in [-0.1, -0.05) is 18.2 Å². The van der Waals surface area contributed by atoms with E-state index in [1.165, 1.54) is 23.6 Å². The van der Waals surface area contributed by atoms with Crippen molar-refractivity contribution in [3.8, 4) is 0 Å². The second-order valence-electron chi connectivity index (χ2n) is 4.16. The molecule has 17 heavy (non-hydrogen) atoms. The van der Waals surface area contributed by atoms with Crippen LogP contribution in [0.5, 0.6) is 0 Å². The van der Waals surface area contributed by atoms with Crippen LogP contribution in [0.25, 0.3) is 10.9 Å². The van der Waals surface area contributed by atoms with Gasteiger partial charge in [-0.2, -0.15) is 0 Å². The Balaban J connectivity index is 2.19. The van der Waals surface area contributed by atoms with Crippen molar-refractivity contribution >= 4 is 56.1 Å². The Morgan fingerprint density at radius 3 is 2.76 bits per heavy atom. The summed E-state index contributed by atoms with van der Waals surface area (Å²) >= 11 is 4.77. The maximum absolute atomic E-state index is 5.88. The van der Waals surface area contributed by atoms with Crippen molar-refractivity contribution in [2.75, 3.05) is 6.61 Å². The highest BCUT2D eigenvalue weighted by Crippen LogP contribution is 2.43. The average molecular weight is 451 g/mol. The van der Waals surface area contributed by atoms with E-state index in [1.807, 2.05) is 0 Å².